The lowest BCUT2D eigenvalue weighted by atomic mass is 10.1. The second-order valence-corrected chi connectivity index (χ2v) is 6.48. The van der Waals surface area contributed by atoms with E-state index < -0.39 is 6.61 Å². The van der Waals surface area contributed by atoms with Crippen LogP contribution in [0.2, 0.25) is 0 Å². The Labute approximate surface area is 192 Å². The molecular formula is C21H27F2IN4O2. The van der Waals surface area contributed by atoms with Crippen LogP contribution in [0.1, 0.15) is 18.1 Å². The van der Waals surface area contributed by atoms with Gasteiger partial charge in [0.1, 0.15) is 5.75 Å². The fourth-order valence-electron chi connectivity index (χ4n) is 2.79. The Hall–Kier alpha value is -2.43. The molecule has 6 nitrogen and oxygen atoms in total. The van der Waals surface area contributed by atoms with Gasteiger partial charge in [-0.1, -0.05) is 24.3 Å². The van der Waals surface area contributed by atoms with Crippen LogP contribution in [0.25, 0.3) is 0 Å². The summed E-state index contributed by atoms with van der Waals surface area (Å²) >= 11 is 0. The monoisotopic (exact) mass is 532 g/mol. The van der Waals surface area contributed by atoms with E-state index in [4.69, 9.17) is 0 Å². The van der Waals surface area contributed by atoms with Crippen molar-refractivity contribution < 1.29 is 18.3 Å². The molecule has 2 rings (SSSR count). The van der Waals surface area contributed by atoms with Gasteiger partial charge in [0.25, 0.3) is 0 Å². The predicted molar refractivity (Wildman–Crippen MR) is 126 cm³/mol. The second-order valence-electron chi connectivity index (χ2n) is 6.48. The van der Waals surface area contributed by atoms with Crippen LogP contribution >= 0.6 is 24.0 Å². The summed E-state index contributed by atoms with van der Waals surface area (Å²) in [4.78, 5) is 17.3. The van der Waals surface area contributed by atoms with Gasteiger partial charge in [-0.25, -0.2) is 0 Å². The Morgan fingerprint density at radius 1 is 1.10 bits per heavy atom. The Morgan fingerprint density at radius 2 is 1.70 bits per heavy atom. The third-order valence-corrected chi connectivity index (χ3v) is 4.11. The van der Waals surface area contributed by atoms with Crippen molar-refractivity contribution in [2.45, 2.75) is 26.5 Å². The highest BCUT2D eigenvalue weighted by molar-refractivity contribution is 14.0. The highest BCUT2D eigenvalue weighted by Crippen LogP contribution is 2.16. The van der Waals surface area contributed by atoms with E-state index in [1.165, 1.54) is 19.1 Å². The minimum absolute atomic E-state index is 0. The van der Waals surface area contributed by atoms with Gasteiger partial charge in [-0.2, -0.15) is 8.78 Å². The number of hydrogen-bond donors (Lipinski definition) is 2. The molecule has 164 valence electrons. The summed E-state index contributed by atoms with van der Waals surface area (Å²) in [6, 6.07) is 14.2. The number of anilines is 1. The molecule has 0 saturated heterocycles. The summed E-state index contributed by atoms with van der Waals surface area (Å²) in [5.41, 5.74) is 2.86. The van der Waals surface area contributed by atoms with Gasteiger partial charge in [-0.3, -0.25) is 9.79 Å². The van der Waals surface area contributed by atoms with Crippen LogP contribution in [0.3, 0.4) is 0 Å². The van der Waals surface area contributed by atoms with E-state index in [-0.39, 0.29) is 35.6 Å². The number of halogens is 3. The lowest BCUT2D eigenvalue weighted by Gasteiger charge is -2.22. The number of benzene rings is 2. The normalized spacial score (nSPS) is 10.9. The Morgan fingerprint density at radius 3 is 2.23 bits per heavy atom. The van der Waals surface area contributed by atoms with Crippen LogP contribution in [-0.4, -0.2) is 44.0 Å². The van der Waals surface area contributed by atoms with Crippen molar-refractivity contribution in [3.63, 3.8) is 0 Å². The van der Waals surface area contributed by atoms with Gasteiger partial charge in [0, 0.05) is 39.8 Å². The molecule has 30 heavy (non-hydrogen) atoms. The van der Waals surface area contributed by atoms with Crippen molar-refractivity contribution >= 4 is 41.5 Å². The molecule has 0 spiro atoms. The smallest absolute Gasteiger partial charge is 0.387 e. The lowest BCUT2D eigenvalue weighted by Crippen LogP contribution is -2.39. The van der Waals surface area contributed by atoms with Crippen LogP contribution < -0.4 is 15.4 Å². The summed E-state index contributed by atoms with van der Waals surface area (Å²) in [6.07, 6.45) is 0.798. The van der Waals surface area contributed by atoms with Gasteiger partial charge < -0.3 is 20.3 Å². The van der Waals surface area contributed by atoms with Crippen molar-refractivity contribution in [2.24, 2.45) is 4.99 Å². The molecule has 0 saturated carbocycles. The van der Waals surface area contributed by atoms with Gasteiger partial charge in [-0.05, 0) is 41.8 Å². The molecule has 0 radical (unpaired) electrons. The van der Waals surface area contributed by atoms with Gasteiger partial charge >= 0.3 is 6.61 Å². The summed E-state index contributed by atoms with van der Waals surface area (Å²) in [6.45, 7) is -0.0865. The molecular weight excluding hydrogens is 505 g/mol. The second kappa shape index (κ2) is 13.0. The molecule has 0 heterocycles. The zero-order chi connectivity index (χ0) is 21.2. The van der Waals surface area contributed by atoms with Crippen LogP contribution in [-0.2, 0) is 17.8 Å². The average Bonchev–Trinajstić information content (AvgIpc) is 2.67. The Bertz CT molecular complexity index is 815. The minimum atomic E-state index is -2.83. The van der Waals surface area contributed by atoms with Gasteiger partial charge in [0.05, 0.1) is 0 Å². The largest absolute Gasteiger partial charge is 0.435 e. The van der Waals surface area contributed by atoms with Gasteiger partial charge in [0.2, 0.25) is 5.91 Å². The maximum Gasteiger partial charge on any atom is 0.387 e. The Balaban J connectivity index is 0.00000450. The molecule has 2 N–H and O–H groups in total. The first-order chi connectivity index (χ1) is 13.9. The number of carbonyl (C=O) groups is 1. The van der Waals surface area contributed by atoms with Crippen molar-refractivity contribution in [3.05, 3.63) is 59.7 Å². The number of nitrogens with zero attached hydrogens (tertiary/aromatic N) is 2. The molecule has 2 aromatic rings. The highest BCUT2D eigenvalue weighted by atomic mass is 127. The number of aliphatic imine (C=N–C) groups is 1. The van der Waals surface area contributed by atoms with E-state index in [9.17, 15) is 13.6 Å². The van der Waals surface area contributed by atoms with Crippen molar-refractivity contribution in [2.75, 3.05) is 26.0 Å². The van der Waals surface area contributed by atoms with E-state index in [0.29, 0.717) is 13.1 Å². The van der Waals surface area contributed by atoms with E-state index in [0.717, 1.165) is 29.2 Å². The molecule has 2 aromatic carbocycles. The molecule has 0 bridgehead atoms. The van der Waals surface area contributed by atoms with Crippen LogP contribution in [0.5, 0.6) is 5.75 Å². The van der Waals surface area contributed by atoms with Gasteiger partial charge in [0.15, 0.2) is 5.96 Å². The first-order valence-corrected chi connectivity index (χ1v) is 9.19. The number of amides is 1. The molecule has 9 heteroatoms. The Kier molecular flexibility index (Phi) is 11.1. The highest BCUT2D eigenvalue weighted by Gasteiger charge is 2.08. The molecule has 0 aliphatic rings. The maximum absolute atomic E-state index is 12.2. The number of rotatable bonds is 8. The number of carbonyl (C=O) groups excluding carboxylic acids is 1. The summed E-state index contributed by atoms with van der Waals surface area (Å²) < 4.78 is 28.8. The van der Waals surface area contributed by atoms with Crippen LogP contribution in [0, 0.1) is 0 Å². The first kappa shape index (κ1) is 25.6. The number of ether oxygens (including phenoxy) is 1. The SMILES string of the molecule is CN=C(NCCc1ccc(NC(C)=O)cc1)N(C)Cc1ccc(OC(F)F)cc1.I. The van der Waals surface area contributed by atoms with E-state index >= 15 is 0 Å². The minimum Gasteiger partial charge on any atom is -0.435 e. The molecule has 0 aromatic heterocycles. The van der Waals surface area contributed by atoms with E-state index in [1.807, 2.05) is 36.2 Å². The average molecular weight is 532 g/mol. The van der Waals surface area contributed by atoms with Crippen molar-refractivity contribution in [1.82, 2.24) is 10.2 Å². The quantitative estimate of drug-likeness (QED) is 0.305. The zero-order valence-corrected chi connectivity index (χ0v) is 19.5. The lowest BCUT2D eigenvalue weighted by molar-refractivity contribution is -0.114. The molecule has 0 aliphatic heterocycles. The molecule has 0 fully saturated rings. The molecule has 0 atom stereocenters. The number of nitrogens with one attached hydrogen (secondary N) is 2. The fourth-order valence-corrected chi connectivity index (χ4v) is 2.79. The third-order valence-electron chi connectivity index (χ3n) is 4.11. The topological polar surface area (TPSA) is 66.0 Å². The fraction of sp³-hybridized carbons (Fsp3) is 0.333. The maximum atomic E-state index is 12.2. The predicted octanol–water partition coefficient (Wildman–Crippen LogP) is 4.11. The summed E-state index contributed by atoms with van der Waals surface area (Å²) in [5, 5.41) is 6.05. The number of hydrogen-bond acceptors (Lipinski definition) is 3. The first-order valence-electron chi connectivity index (χ1n) is 9.19. The summed E-state index contributed by atoms with van der Waals surface area (Å²) in [7, 11) is 3.61. The van der Waals surface area contributed by atoms with Crippen molar-refractivity contribution in [3.8, 4) is 5.75 Å². The molecule has 0 unspecified atom stereocenters. The standard InChI is InChI=1S/C21H26F2N4O2.HI/c1-15(28)26-18-8-4-16(5-9-18)12-13-25-21(24-2)27(3)14-17-6-10-19(11-7-17)29-20(22)23;/h4-11,20H,12-14H2,1-3H3,(H,24,25)(H,26,28);1H. The molecule has 1 amide bonds. The van der Waals surface area contributed by atoms with E-state index in [2.05, 4.69) is 20.4 Å². The van der Waals surface area contributed by atoms with Crippen LogP contribution in [0.4, 0.5) is 14.5 Å². The van der Waals surface area contributed by atoms with Crippen LogP contribution in [0.15, 0.2) is 53.5 Å². The summed E-state index contributed by atoms with van der Waals surface area (Å²) in [5.74, 6) is 0.772. The van der Waals surface area contributed by atoms with Crippen molar-refractivity contribution in [1.29, 1.82) is 0 Å². The zero-order valence-electron chi connectivity index (χ0n) is 17.2. The number of alkyl halides is 2. The van der Waals surface area contributed by atoms with Gasteiger partial charge in [-0.15, -0.1) is 24.0 Å². The third kappa shape index (κ3) is 8.93. The van der Waals surface area contributed by atoms with E-state index in [1.54, 1.807) is 19.2 Å². The number of guanidine groups is 1. The molecule has 0 aliphatic carbocycles.